The van der Waals surface area contributed by atoms with Crippen LogP contribution in [0, 0.1) is 0 Å². The van der Waals surface area contributed by atoms with Gasteiger partial charge in [0.1, 0.15) is 0 Å². The number of para-hydroxylation sites is 1. The molecule has 0 saturated heterocycles. The molecular formula is C17H21F3N4OS. The van der Waals surface area contributed by atoms with Crippen LogP contribution in [0.2, 0.25) is 0 Å². The number of thioether (sulfide) groups is 1. The Morgan fingerprint density at radius 1 is 1.27 bits per heavy atom. The van der Waals surface area contributed by atoms with E-state index in [2.05, 4.69) is 29.4 Å². The number of benzene rings is 1. The maximum atomic E-state index is 12.8. The molecule has 1 aromatic carbocycles. The number of halogens is 3. The van der Waals surface area contributed by atoms with Crippen LogP contribution in [0.1, 0.15) is 44.5 Å². The van der Waals surface area contributed by atoms with E-state index in [0.29, 0.717) is 5.69 Å². The monoisotopic (exact) mass is 386 g/mol. The molecule has 0 fully saturated rings. The topological polar surface area (TPSA) is 59.8 Å². The summed E-state index contributed by atoms with van der Waals surface area (Å²) in [6.07, 6.45) is -3.66. The van der Waals surface area contributed by atoms with E-state index in [-0.39, 0.29) is 17.0 Å². The third kappa shape index (κ3) is 4.57. The molecule has 1 amide bonds. The molecule has 1 heterocycles. The molecule has 2 atom stereocenters. The van der Waals surface area contributed by atoms with E-state index < -0.39 is 17.3 Å². The number of nitrogens with one attached hydrogen (secondary N) is 1. The summed E-state index contributed by atoms with van der Waals surface area (Å²) in [7, 11) is 1.23. The Kier molecular flexibility index (Phi) is 6.33. The fraction of sp³-hybridized carbons (Fsp3) is 0.471. The smallest absolute Gasteiger partial charge is 0.325 e. The van der Waals surface area contributed by atoms with Crippen LogP contribution in [0.3, 0.4) is 0 Å². The highest BCUT2D eigenvalue weighted by Crippen LogP contribution is 2.31. The molecule has 1 aromatic heterocycles. The van der Waals surface area contributed by atoms with E-state index in [0.717, 1.165) is 28.3 Å². The number of carbonyl (C=O) groups is 1. The number of nitrogens with zero attached hydrogens (tertiary/aromatic N) is 3. The lowest BCUT2D eigenvalue weighted by molar-refractivity contribution is -0.147. The molecule has 2 rings (SSSR count). The Bertz CT molecular complexity index is 776. The van der Waals surface area contributed by atoms with Crippen molar-refractivity contribution in [1.82, 2.24) is 14.8 Å². The standard InChI is InChI=1S/C17H21F3N4OS/c1-5-10(2)12-8-6-7-9-13(12)21-14(25)11(3)26-16-23-22-15(24(16)4)17(18,19)20/h6-11H,5H2,1-4H3,(H,21,25)/t10-,11+/m1/s1. The zero-order valence-electron chi connectivity index (χ0n) is 15.0. The highest BCUT2D eigenvalue weighted by molar-refractivity contribution is 8.00. The summed E-state index contributed by atoms with van der Waals surface area (Å²) in [5.41, 5.74) is 1.74. The molecule has 0 radical (unpaired) electrons. The minimum Gasteiger partial charge on any atom is -0.325 e. The third-order valence-electron chi connectivity index (χ3n) is 4.10. The molecule has 0 aliphatic rings. The van der Waals surface area contributed by atoms with Gasteiger partial charge in [-0.25, -0.2) is 0 Å². The van der Waals surface area contributed by atoms with E-state index in [4.69, 9.17) is 0 Å². The maximum Gasteiger partial charge on any atom is 0.451 e. The predicted octanol–water partition coefficient (Wildman–Crippen LogP) is 4.47. The highest BCUT2D eigenvalue weighted by atomic mass is 32.2. The predicted molar refractivity (Wildman–Crippen MR) is 95.1 cm³/mol. The average molecular weight is 386 g/mol. The molecular weight excluding hydrogens is 365 g/mol. The Hall–Kier alpha value is -2.03. The second-order valence-corrected chi connectivity index (χ2v) is 7.32. The number of amides is 1. The van der Waals surface area contributed by atoms with Crippen LogP contribution in [-0.2, 0) is 18.0 Å². The Morgan fingerprint density at radius 3 is 2.50 bits per heavy atom. The van der Waals surface area contributed by atoms with Gasteiger partial charge in [0.05, 0.1) is 5.25 Å². The van der Waals surface area contributed by atoms with E-state index in [9.17, 15) is 18.0 Å². The van der Waals surface area contributed by atoms with Gasteiger partial charge in [-0.05, 0) is 30.9 Å². The number of hydrogen-bond donors (Lipinski definition) is 1. The number of carbonyl (C=O) groups excluding carboxylic acids is 1. The van der Waals surface area contributed by atoms with Crippen molar-refractivity contribution in [2.45, 2.75) is 49.7 Å². The summed E-state index contributed by atoms with van der Waals surface area (Å²) in [5, 5.41) is 8.98. The summed E-state index contributed by atoms with van der Waals surface area (Å²) in [6.45, 7) is 5.75. The van der Waals surface area contributed by atoms with Crippen LogP contribution in [0.15, 0.2) is 29.4 Å². The molecule has 0 aliphatic heterocycles. The fourth-order valence-electron chi connectivity index (χ4n) is 2.37. The van der Waals surface area contributed by atoms with Crippen molar-refractivity contribution in [1.29, 1.82) is 0 Å². The van der Waals surface area contributed by atoms with Gasteiger partial charge in [-0.1, -0.05) is 43.8 Å². The molecule has 26 heavy (non-hydrogen) atoms. The molecule has 9 heteroatoms. The fourth-order valence-corrected chi connectivity index (χ4v) is 3.19. The summed E-state index contributed by atoms with van der Waals surface area (Å²) in [5.74, 6) is -1.11. The van der Waals surface area contributed by atoms with Gasteiger partial charge in [-0.2, -0.15) is 13.2 Å². The largest absolute Gasteiger partial charge is 0.451 e. The van der Waals surface area contributed by atoms with Crippen LogP contribution in [-0.4, -0.2) is 25.9 Å². The van der Waals surface area contributed by atoms with Crippen LogP contribution >= 0.6 is 11.8 Å². The van der Waals surface area contributed by atoms with Crippen molar-refractivity contribution in [3.8, 4) is 0 Å². The van der Waals surface area contributed by atoms with Crippen LogP contribution < -0.4 is 5.32 Å². The second-order valence-electron chi connectivity index (χ2n) is 6.01. The lowest BCUT2D eigenvalue weighted by Gasteiger charge is -2.17. The molecule has 2 aromatic rings. The van der Waals surface area contributed by atoms with Crippen molar-refractivity contribution in [2.24, 2.45) is 7.05 Å². The average Bonchev–Trinajstić information content (AvgIpc) is 2.95. The second kappa shape index (κ2) is 8.11. The van der Waals surface area contributed by atoms with Crippen molar-refractivity contribution in [2.75, 3.05) is 5.32 Å². The molecule has 0 saturated carbocycles. The minimum atomic E-state index is -4.58. The molecule has 142 valence electrons. The zero-order valence-corrected chi connectivity index (χ0v) is 15.8. The molecule has 0 aliphatic carbocycles. The maximum absolute atomic E-state index is 12.8. The van der Waals surface area contributed by atoms with E-state index in [1.807, 2.05) is 24.3 Å². The first-order valence-electron chi connectivity index (χ1n) is 8.18. The van der Waals surface area contributed by atoms with Crippen LogP contribution in [0.25, 0.3) is 0 Å². The van der Waals surface area contributed by atoms with Gasteiger partial charge >= 0.3 is 6.18 Å². The van der Waals surface area contributed by atoms with Gasteiger partial charge in [-0.15, -0.1) is 10.2 Å². The zero-order chi connectivity index (χ0) is 19.5. The molecule has 5 nitrogen and oxygen atoms in total. The first kappa shape index (κ1) is 20.3. The van der Waals surface area contributed by atoms with Crippen molar-refractivity contribution >= 4 is 23.4 Å². The van der Waals surface area contributed by atoms with Gasteiger partial charge in [-0.3, -0.25) is 4.79 Å². The Morgan fingerprint density at radius 2 is 1.92 bits per heavy atom. The summed E-state index contributed by atoms with van der Waals surface area (Å²) in [4.78, 5) is 12.5. The summed E-state index contributed by atoms with van der Waals surface area (Å²) >= 11 is 0.932. The van der Waals surface area contributed by atoms with Crippen LogP contribution in [0.4, 0.5) is 18.9 Å². The van der Waals surface area contributed by atoms with Crippen LogP contribution in [0.5, 0.6) is 0 Å². The Balaban J connectivity index is 2.11. The summed E-state index contributed by atoms with van der Waals surface area (Å²) < 4.78 is 39.2. The van der Waals surface area contributed by atoms with E-state index >= 15 is 0 Å². The number of rotatable bonds is 6. The van der Waals surface area contributed by atoms with Crippen molar-refractivity contribution in [3.05, 3.63) is 35.7 Å². The first-order chi connectivity index (χ1) is 12.1. The SMILES string of the molecule is CC[C@@H](C)c1ccccc1NC(=O)[C@H](C)Sc1nnc(C(F)(F)F)n1C. The number of hydrogen-bond acceptors (Lipinski definition) is 4. The first-order valence-corrected chi connectivity index (χ1v) is 9.06. The Labute approximate surface area is 154 Å². The van der Waals surface area contributed by atoms with Crippen molar-refractivity contribution < 1.29 is 18.0 Å². The van der Waals surface area contributed by atoms with Gasteiger partial charge < -0.3 is 9.88 Å². The summed E-state index contributed by atoms with van der Waals surface area (Å²) in [6, 6.07) is 7.52. The van der Waals surface area contributed by atoms with Crippen molar-refractivity contribution in [3.63, 3.8) is 0 Å². The lowest BCUT2D eigenvalue weighted by atomic mass is 9.97. The van der Waals surface area contributed by atoms with Gasteiger partial charge in [0.25, 0.3) is 0 Å². The highest BCUT2D eigenvalue weighted by Gasteiger charge is 2.38. The minimum absolute atomic E-state index is 0.0372. The number of alkyl halides is 3. The quantitative estimate of drug-likeness (QED) is 0.745. The van der Waals surface area contributed by atoms with Gasteiger partial charge in [0.15, 0.2) is 5.16 Å². The number of anilines is 1. The normalized spacial score (nSPS) is 14.1. The van der Waals surface area contributed by atoms with E-state index in [1.54, 1.807) is 6.92 Å². The molecule has 0 unspecified atom stereocenters. The third-order valence-corrected chi connectivity index (χ3v) is 5.24. The van der Waals surface area contributed by atoms with Gasteiger partial charge in [0, 0.05) is 12.7 Å². The van der Waals surface area contributed by atoms with Gasteiger partial charge in [0.2, 0.25) is 11.7 Å². The number of aromatic nitrogens is 3. The molecule has 1 N–H and O–H groups in total. The molecule has 0 spiro atoms. The molecule has 0 bridgehead atoms. The van der Waals surface area contributed by atoms with E-state index in [1.165, 1.54) is 7.05 Å². The lowest BCUT2D eigenvalue weighted by Crippen LogP contribution is -2.24.